The molecule has 7 heteroatoms. The van der Waals surface area contributed by atoms with Crippen molar-refractivity contribution in [3.8, 4) is 0 Å². The molecule has 7 nitrogen and oxygen atoms in total. The molecular weight excluding hydrogens is 334 g/mol. The normalized spacial score (nSPS) is 19.7. The quantitative estimate of drug-likeness (QED) is 0.627. The van der Waals surface area contributed by atoms with Crippen LogP contribution in [0.3, 0.4) is 0 Å². The number of likely N-dealkylation sites (N-methyl/N-ethyl adjacent to an activating group) is 1. The van der Waals surface area contributed by atoms with E-state index < -0.39 is 11.3 Å². The molecule has 1 aliphatic carbocycles. The molecule has 1 aromatic heterocycles. The number of rotatable bonds is 3. The van der Waals surface area contributed by atoms with Gasteiger partial charge in [0.05, 0.1) is 11.2 Å². The number of fused-ring (bicyclic) bond motifs is 1. The number of aromatic nitrogens is 1. The summed E-state index contributed by atoms with van der Waals surface area (Å²) in [4.78, 5) is 40.5. The fraction of sp³-hybridized carbons (Fsp3) is 0.421. The second-order valence-corrected chi connectivity index (χ2v) is 6.99. The van der Waals surface area contributed by atoms with Gasteiger partial charge in [0.15, 0.2) is 5.58 Å². The van der Waals surface area contributed by atoms with Crippen LogP contribution in [0.15, 0.2) is 40.1 Å². The first kappa shape index (κ1) is 16.6. The Morgan fingerprint density at radius 2 is 1.92 bits per heavy atom. The van der Waals surface area contributed by atoms with E-state index in [0.717, 1.165) is 19.3 Å². The van der Waals surface area contributed by atoms with Crippen molar-refractivity contribution < 1.29 is 14.0 Å². The topological polar surface area (TPSA) is 75.8 Å². The van der Waals surface area contributed by atoms with Crippen LogP contribution in [0.4, 0.5) is 10.5 Å². The van der Waals surface area contributed by atoms with E-state index in [1.165, 1.54) is 16.5 Å². The number of allylic oxidation sites excluding steroid dienone is 1. The van der Waals surface area contributed by atoms with Crippen LogP contribution in [0.1, 0.15) is 32.1 Å². The van der Waals surface area contributed by atoms with E-state index in [1.54, 1.807) is 29.2 Å². The molecule has 0 atom stereocenters. The number of hydrogen-bond donors (Lipinski definition) is 0. The highest BCUT2D eigenvalue weighted by molar-refractivity contribution is 6.17. The number of hydrogen-bond acceptors (Lipinski definition) is 4. The van der Waals surface area contributed by atoms with Crippen LogP contribution in [0.2, 0.25) is 0 Å². The van der Waals surface area contributed by atoms with Crippen LogP contribution < -0.4 is 10.7 Å². The van der Waals surface area contributed by atoms with E-state index in [1.807, 2.05) is 0 Å². The molecule has 1 saturated carbocycles. The first-order valence-electron chi connectivity index (χ1n) is 8.86. The van der Waals surface area contributed by atoms with E-state index in [0.29, 0.717) is 36.2 Å². The Bertz CT molecular complexity index is 965. The van der Waals surface area contributed by atoms with Crippen LogP contribution in [-0.4, -0.2) is 34.0 Å². The highest BCUT2D eigenvalue weighted by atomic mass is 16.4. The van der Waals surface area contributed by atoms with E-state index in [4.69, 9.17) is 4.42 Å². The molecular formula is C19H21N3O4. The zero-order valence-corrected chi connectivity index (χ0v) is 14.7. The molecule has 2 aromatic rings. The Morgan fingerprint density at radius 1 is 1.19 bits per heavy atom. The molecule has 0 bridgehead atoms. The minimum Gasteiger partial charge on any atom is -0.408 e. The third kappa shape index (κ3) is 2.16. The first-order valence-corrected chi connectivity index (χ1v) is 8.86. The minimum absolute atomic E-state index is 0.145. The van der Waals surface area contributed by atoms with Crippen molar-refractivity contribution in [3.63, 3.8) is 0 Å². The van der Waals surface area contributed by atoms with Crippen molar-refractivity contribution in [2.45, 2.75) is 44.2 Å². The number of carbonyl (C=O) groups excluding carboxylic acids is 2. The van der Waals surface area contributed by atoms with Crippen LogP contribution in [0.5, 0.6) is 0 Å². The summed E-state index contributed by atoms with van der Waals surface area (Å²) in [6, 6.07) is 4.88. The monoisotopic (exact) mass is 355 g/mol. The number of carbonyl (C=O) groups is 2. The lowest BCUT2D eigenvalue weighted by molar-refractivity contribution is -0.130. The van der Waals surface area contributed by atoms with Gasteiger partial charge in [0, 0.05) is 19.7 Å². The maximum absolute atomic E-state index is 12.9. The molecule has 0 radical (unpaired) electrons. The summed E-state index contributed by atoms with van der Waals surface area (Å²) in [7, 11) is 1.53. The van der Waals surface area contributed by atoms with Gasteiger partial charge in [-0.3, -0.25) is 19.2 Å². The smallest absolute Gasteiger partial charge is 0.408 e. The zero-order chi connectivity index (χ0) is 18.5. The van der Waals surface area contributed by atoms with Gasteiger partial charge in [0.2, 0.25) is 0 Å². The lowest BCUT2D eigenvalue weighted by atomic mass is 9.80. The third-order valence-electron chi connectivity index (χ3n) is 5.51. The SMILES string of the molecule is C=CCn1c(=O)oc2cc(N3C(=O)N(C)C(=O)C34CCCCC4)ccc21. The summed E-state index contributed by atoms with van der Waals surface area (Å²) >= 11 is 0. The van der Waals surface area contributed by atoms with Crippen LogP contribution >= 0.6 is 0 Å². The number of nitrogens with zero attached hydrogens (tertiary/aromatic N) is 3. The molecule has 1 saturated heterocycles. The average molecular weight is 355 g/mol. The molecule has 3 amide bonds. The van der Waals surface area contributed by atoms with E-state index in [-0.39, 0.29) is 11.9 Å². The van der Waals surface area contributed by atoms with E-state index in [2.05, 4.69) is 6.58 Å². The summed E-state index contributed by atoms with van der Waals surface area (Å²) in [6.07, 6.45) is 5.83. The highest BCUT2D eigenvalue weighted by Gasteiger charge is 2.56. The number of oxazole rings is 1. The number of imide groups is 1. The molecule has 136 valence electrons. The van der Waals surface area contributed by atoms with Crippen molar-refractivity contribution in [2.24, 2.45) is 0 Å². The molecule has 2 heterocycles. The van der Waals surface area contributed by atoms with Crippen LogP contribution in [-0.2, 0) is 11.3 Å². The predicted octanol–water partition coefficient (Wildman–Crippen LogP) is 2.88. The summed E-state index contributed by atoms with van der Waals surface area (Å²) in [5.74, 6) is -0.613. The van der Waals surface area contributed by atoms with Gasteiger partial charge in [0.1, 0.15) is 5.54 Å². The Labute approximate surface area is 150 Å². The molecule has 1 aliphatic heterocycles. The maximum Gasteiger partial charge on any atom is 0.420 e. The molecule has 4 rings (SSSR count). The summed E-state index contributed by atoms with van der Waals surface area (Å²) in [5, 5.41) is 0. The minimum atomic E-state index is -0.818. The van der Waals surface area contributed by atoms with Gasteiger partial charge in [-0.2, -0.15) is 0 Å². The van der Waals surface area contributed by atoms with Crippen molar-refractivity contribution in [2.75, 3.05) is 11.9 Å². The van der Waals surface area contributed by atoms with Crippen molar-refractivity contribution >= 4 is 28.7 Å². The molecule has 1 spiro atoms. The first-order chi connectivity index (χ1) is 12.5. The van der Waals surface area contributed by atoms with Gasteiger partial charge in [-0.05, 0) is 25.0 Å². The largest absolute Gasteiger partial charge is 0.420 e. The van der Waals surface area contributed by atoms with Gasteiger partial charge in [-0.15, -0.1) is 6.58 Å². The van der Waals surface area contributed by atoms with Gasteiger partial charge in [-0.1, -0.05) is 25.3 Å². The third-order valence-corrected chi connectivity index (χ3v) is 5.51. The van der Waals surface area contributed by atoms with Gasteiger partial charge >= 0.3 is 11.8 Å². The Hall–Kier alpha value is -2.83. The molecule has 2 aliphatic rings. The second kappa shape index (κ2) is 5.86. The Kier molecular flexibility index (Phi) is 3.75. The summed E-state index contributed by atoms with van der Waals surface area (Å²) in [5.41, 5.74) is 0.807. The van der Waals surface area contributed by atoms with Gasteiger partial charge < -0.3 is 4.42 Å². The number of urea groups is 1. The van der Waals surface area contributed by atoms with E-state index >= 15 is 0 Å². The fourth-order valence-corrected chi connectivity index (χ4v) is 4.26. The maximum atomic E-state index is 12.9. The Morgan fingerprint density at radius 3 is 2.62 bits per heavy atom. The fourth-order valence-electron chi connectivity index (χ4n) is 4.26. The molecule has 2 fully saturated rings. The van der Waals surface area contributed by atoms with Gasteiger partial charge in [0.25, 0.3) is 5.91 Å². The van der Waals surface area contributed by atoms with Crippen molar-refractivity contribution in [1.82, 2.24) is 9.47 Å². The van der Waals surface area contributed by atoms with Gasteiger partial charge in [-0.25, -0.2) is 9.59 Å². The Balaban J connectivity index is 1.85. The zero-order valence-electron chi connectivity index (χ0n) is 14.7. The average Bonchev–Trinajstić information content (AvgIpc) is 3.04. The second-order valence-electron chi connectivity index (χ2n) is 6.99. The summed E-state index contributed by atoms with van der Waals surface area (Å²) < 4.78 is 6.82. The lowest BCUT2D eigenvalue weighted by Crippen LogP contribution is -2.51. The molecule has 1 aromatic carbocycles. The number of benzene rings is 1. The van der Waals surface area contributed by atoms with Crippen LogP contribution in [0.25, 0.3) is 11.1 Å². The molecule has 0 N–H and O–H groups in total. The van der Waals surface area contributed by atoms with Crippen molar-refractivity contribution in [1.29, 1.82) is 0 Å². The predicted molar refractivity (Wildman–Crippen MR) is 97.1 cm³/mol. The van der Waals surface area contributed by atoms with Crippen molar-refractivity contribution in [3.05, 3.63) is 41.4 Å². The lowest BCUT2D eigenvalue weighted by Gasteiger charge is -2.38. The highest BCUT2D eigenvalue weighted by Crippen LogP contribution is 2.43. The van der Waals surface area contributed by atoms with E-state index in [9.17, 15) is 14.4 Å². The molecule has 26 heavy (non-hydrogen) atoms. The van der Waals surface area contributed by atoms with Crippen LogP contribution in [0, 0.1) is 0 Å². The number of amides is 3. The number of anilines is 1. The summed E-state index contributed by atoms with van der Waals surface area (Å²) in [6.45, 7) is 4.00. The standard InChI is InChI=1S/C19H21N3O4/c1-3-11-21-14-8-7-13(12-15(14)26-18(21)25)22-17(24)20(2)16(23)19(22)9-5-4-6-10-19/h3,7-8,12H,1,4-6,9-11H2,2H3. The molecule has 0 unspecified atom stereocenters.